The highest BCUT2D eigenvalue weighted by molar-refractivity contribution is 8.18. The summed E-state index contributed by atoms with van der Waals surface area (Å²) in [5.74, 6) is -0.345. The number of para-hydroxylation sites is 1. The number of ether oxygens (including phenoxy) is 1. The molecule has 0 aromatic heterocycles. The van der Waals surface area contributed by atoms with Crippen molar-refractivity contribution in [1.82, 2.24) is 4.90 Å². The maximum atomic E-state index is 13.0. The molecule has 0 radical (unpaired) electrons. The van der Waals surface area contributed by atoms with Gasteiger partial charge in [0.2, 0.25) is 5.91 Å². The SMILES string of the molecule is CSc1cccc(NC(=O)CN2C(=O)S/C(=C\c3ccccc3OCc3ccc4ccccc4c3)C2=O)c1. The summed E-state index contributed by atoms with van der Waals surface area (Å²) in [7, 11) is 0. The van der Waals surface area contributed by atoms with Crippen molar-refractivity contribution in [3.63, 3.8) is 0 Å². The average Bonchev–Trinajstić information content (AvgIpc) is 3.19. The van der Waals surface area contributed by atoms with Gasteiger partial charge in [-0.3, -0.25) is 19.3 Å². The van der Waals surface area contributed by atoms with Gasteiger partial charge in [-0.25, -0.2) is 0 Å². The van der Waals surface area contributed by atoms with Crippen LogP contribution >= 0.6 is 23.5 Å². The molecule has 1 saturated heterocycles. The van der Waals surface area contributed by atoms with Gasteiger partial charge in [-0.05, 0) is 70.8 Å². The number of hydrogen-bond acceptors (Lipinski definition) is 6. The molecule has 1 aliphatic rings. The number of thioether (sulfide) groups is 2. The number of benzene rings is 4. The second-order valence-electron chi connectivity index (χ2n) is 8.56. The summed E-state index contributed by atoms with van der Waals surface area (Å²) in [6.45, 7) is 0.000682. The molecule has 1 heterocycles. The van der Waals surface area contributed by atoms with Crippen LogP contribution in [0, 0.1) is 0 Å². The number of nitrogens with zero attached hydrogens (tertiary/aromatic N) is 1. The standard InChI is InChI=1S/C30H24N2O4S2/c1-37-25-11-6-10-24(17-25)31-28(33)18-32-29(34)27(38-30(32)35)16-23-9-4-5-12-26(23)36-19-20-13-14-21-7-2-3-8-22(21)15-20/h2-17H,18-19H2,1H3,(H,31,33)/b27-16-. The van der Waals surface area contributed by atoms with E-state index in [1.165, 1.54) is 0 Å². The average molecular weight is 541 g/mol. The summed E-state index contributed by atoms with van der Waals surface area (Å²) < 4.78 is 6.09. The first-order valence-corrected chi connectivity index (χ1v) is 13.9. The van der Waals surface area contributed by atoms with Gasteiger partial charge in [0.05, 0.1) is 4.91 Å². The zero-order chi connectivity index (χ0) is 26.5. The number of imide groups is 1. The first kappa shape index (κ1) is 25.6. The maximum Gasteiger partial charge on any atom is 0.294 e. The van der Waals surface area contributed by atoms with E-state index in [0.717, 1.165) is 37.9 Å². The summed E-state index contributed by atoms with van der Waals surface area (Å²) in [6.07, 6.45) is 3.58. The van der Waals surface area contributed by atoms with Gasteiger partial charge in [-0.2, -0.15) is 0 Å². The molecule has 0 unspecified atom stereocenters. The second-order valence-corrected chi connectivity index (χ2v) is 10.4. The Bertz CT molecular complexity index is 1570. The predicted octanol–water partition coefficient (Wildman–Crippen LogP) is 6.82. The first-order valence-electron chi connectivity index (χ1n) is 11.9. The Morgan fingerprint density at radius 1 is 0.947 bits per heavy atom. The number of amides is 3. The first-order chi connectivity index (χ1) is 18.5. The van der Waals surface area contributed by atoms with Crippen molar-refractivity contribution in [1.29, 1.82) is 0 Å². The van der Waals surface area contributed by atoms with Gasteiger partial charge in [-0.1, -0.05) is 60.7 Å². The Kier molecular flexibility index (Phi) is 7.81. The van der Waals surface area contributed by atoms with E-state index < -0.39 is 17.1 Å². The molecular weight excluding hydrogens is 516 g/mol. The molecule has 190 valence electrons. The maximum absolute atomic E-state index is 13.0. The lowest BCUT2D eigenvalue weighted by Crippen LogP contribution is -2.36. The Hall–Kier alpha value is -4.01. The molecule has 1 aliphatic heterocycles. The number of nitrogens with one attached hydrogen (secondary N) is 1. The summed E-state index contributed by atoms with van der Waals surface area (Å²) in [4.78, 5) is 40.4. The lowest BCUT2D eigenvalue weighted by Gasteiger charge is -2.13. The molecule has 0 saturated carbocycles. The minimum atomic E-state index is -0.502. The predicted molar refractivity (Wildman–Crippen MR) is 154 cm³/mol. The van der Waals surface area contributed by atoms with Crippen molar-refractivity contribution < 1.29 is 19.1 Å². The van der Waals surface area contributed by atoms with Gasteiger partial charge in [-0.15, -0.1) is 11.8 Å². The molecule has 3 amide bonds. The molecule has 38 heavy (non-hydrogen) atoms. The molecule has 0 bridgehead atoms. The molecule has 1 fully saturated rings. The van der Waals surface area contributed by atoms with Gasteiger partial charge in [0.1, 0.15) is 18.9 Å². The van der Waals surface area contributed by atoms with Crippen molar-refractivity contribution in [3.05, 3.63) is 107 Å². The van der Waals surface area contributed by atoms with E-state index in [-0.39, 0.29) is 11.4 Å². The largest absolute Gasteiger partial charge is 0.488 e. The van der Waals surface area contributed by atoms with Gasteiger partial charge in [0, 0.05) is 16.1 Å². The number of rotatable bonds is 8. The van der Waals surface area contributed by atoms with Gasteiger partial charge >= 0.3 is 0 Å². The van der Waals surface area contributed by atoms with E-state index in [1.54, 1.807) is 23.9 Å². The van der Waals surface area contributed by atoms with Crippen LogP contribution in [0.1, 0.15) is 11.1 Å². The van der Waals surface area contributed by atoms with Crippen LogP contribution < -0.4 is 10.1 Å². The van der Waals surface area contributed by atoms with Crippen molar-refractivity contribution >= 4 is 63.1 Å². The van der Waals surface area contributed by atoms with E-state index in [4.69, 9.17) is 4.74 Å². The zero-order valence-electron chi connectivity index (χ0n) is 20.5. The van der Waals surface area contributed by atoms with Crippen molar-refractivity contribution in [2.45, 2.75) is 11.5 Å². The second kappa shape index (κ2) is 11.6. The minimum Gasteiger partial charge on any atom is -0.488 e. The molecule has 0 aliphatic carbocycles. The fourth-order valence-corrected chi connectivity index (χ4v) is 5.33. The van der Waals surface area contributed by atoms with Gasteiger partial charge < -0.3 is 10.1 Å². The molecule has 8 heteroatoms. The summed E-state index contributed by atoms with van der Waals surface area (Å²) in [6, 6.07) is 29.0. The van der Waals surface area contributed by atoms with E-state index in [1.807, 2.05) is 66.9 Å². The van der Waals surface area contributed by atoms with Crippen LogP contribution in [0.15, 0.2) is 101 Å². The minimum absolute atomic E-state index is 0.244. The summed E-state index contributed by atoms with van der Waals surface area (Å²) in [5, 5.41) is 4.57. The Morgan fingerprint density at radius 3 is 2.58 bits per heavy atom. The highest BCUT2D eigenvalue weighted by atomic mass is 32.2. The van der Waals surface area contributed by atoms with Gasteiger partial charge in [0.15, 0.2) is 0 Å². The van der Waals surface area contributed by atoms with Crippen LogP contribution in [0.25, 0.3) is 16.8 Å². The van der Waals surface area contributed by atoms with E-state index in [2.05, 4.69) is 29.6 Å². The third-order valence-electron chi connectivity index (χ3n) is 5.94. The lowest BCUT2D eigenvalue weighted by molar-refractivity contribution is -0.127. The number of carbonyl (C=O) groups is 3. The quantitative estimate of drug-likeness (QED) is 0.195. The number of anilines is 1. The highest BCUT2D eigenvalue weighted by Crippen LogP contribution is 2.34. The summed E-state index contributed by atoms with van der Waals surface area (Å²) >= 11 is 2.37. The van der Waals surface area contributed by atoms with E-state index in [0.29, 0.717) is 23.6 Å². The Balaban J connectivity index is 1.27. The summed E-state index contributed by atoms with van der Waals surface area (Å²) in [5.41, 5.74) is 2.31. The fraction of sp³-hybridized carbons (Fsp3) is 0.100. The molecule has 0 spiro atoms. The van der Waals surface area contributed by atoms with Crippen LogP contribution in [-0.2, 0) is 16.2 Å². The smallest absolute Gasteiger partial charge is 0.294 e. The van der Waals surface area contributed by atoms with Crippen LogP contribution in [0.4, 0.5) is 10.5 Å². The number of carbonyl (C=O) groups excluding carboxylic acids is 3. The van der Waals surface area contributed by atoms with Crippen molar-refractivity contribution in [2.75, 3.05) is 18.1 Å². The van der Waals surface area contributed by atoms with Crippen LogP contribution in [0.5, 0.6) is 5.75 Å². The molecule has 6 nitrogen and oxygen atoms in total. The molecule has 1 N–H and O–H groups in total. The Labute approximate surface area is 229 Å². The lowest BCUT2D eigenvalue weighted by atomic mass is 10.1. The molecule has 5 rings (SSSR count). The highest BCUT2D eigenvalue weighted by Gasteiger charge is 2.36. The van der Waals surface area contributed by atoms with Gasteiger partial charge in [0.25, 0.3) is 11.1 Å². The Morgan fingerprint density at radius 2 is 1.74 bits per heavy atom. The monoisotopic (exact) mass is 540 g/mol. The molecule has 4 aromatic carbocycles. The number of fused-ring (bicyclic) bond motifs is 1. The molecule has 0 atom stereocenters. The van der Waals surface area contributed by atoms with E-state index in [9.17, 15) is 14.4 Å². The topological polar surface area (TPSA) is 75.7 Å². The normalized spacial score (nSPS) is 14.3. The van der Waals surface area contributed by atoms with Crippen LogP contribution in [-0.4, -0.2) is 34.8 Å². The fourth-order valence-electron chi connectivity index (χ4n) is 4.04. The van der Waals surface area contributed by atoms with Crippen molar-refractivity contribution in [2.24, 2.45) is 0 Å². The van der Waals surface area contributed by atoms with Crippen LogP contribution in [0.2, 0.25) is 0 Å². The zero-order valence-corrected chi connectivity index (χ0v) is 22.2. The molecule has 4 aromatic rings. The third-order valence-corrected chi connectivity index (χ3v) is 7.58. The third kappa shape index (κ3) is 5.93. The van der Waals surface area contributed by atoms with Crippen LogP contribution in [0.3, 0.4) is 0 Å². The van der Waals surface area contributed by atoms with E-state index >= 15 is 0 Å². The van der Waals surface area contributed by atoms with Crippen molar-refractivity contribution in [3.8, 4) is 5.75 Å². The molecular formula is C30H24N2O4S2. The number of hydrogen-bond donors (Lipinski definition) is 1.